The maximum atomic E-state index is 12.2. The summed E-state index contributed by atoms with van der Waals surface area (Å²) in [4.78, 5) is 48.8. The molecule has 0 bridgehead atoms. The fraction of sp³-hybridized carbons (Fsp3) is 0.412. The van der Waals surface area contributed by atoms with Crippen LogP contribution < -0.4 is 5.32 Å². The second-order valence-corrected chi connectivity index (χ2v) is 8.61. The predicted octanol–water partition coefficient (Wildman–Crippen LogP) is -0.481. The molecule has 1 atom stereocenters. The van der Waals surface area contributed by atoms with E-state index < -0.39 is 46.2 Å². The lowest BCUT2D eigenvalue weighted by atomic mass is 10.1. The Bertz CT molecular complexity index is 875. The Morgan fingerprint density at radius 2 is 1.78 bits per heavy atom. The highest BCUT2D eigenvalue weighted by molar-refractivity contribution is 7.91. The minimum absolute atomic E-state index is 0.0258. The van der Waals surface area contributed by atoms with E-state index in [2.05, 4.69) is 5.32 Å². The molecule has 1 N–H and O–H groups in total. The number of amides is 3. The minimum Gasteiger partial charge on any atom is -0.456 e. The molecule has 0 aliphatic carbocycles. The molecule has 0 saturated carbocycles. The Hall–Kier alpha value is -2.75. The fourth-order valence-corrected chi connectivity index (χ4v) is 4.72. The van der Waals surface area contributed by atoms with Gasteiger partial charge in [0.25, 0.3) is 17.7 Å². The smallest absolute Gasteiger partial charge is 0.308 e. The molecule has 9 nitrogen and oxygen atoms in total. The van der Waals surface area contributed by atoms with E-state index in [0.717, 1.165) is 4.90 Å². The molecule has 1 unspecified atom stereocenters. The Morgan fingerprint density at radius 3 is 2.33 bits per heavy atom. The fourth-order valence-electron chi connectivity index (χ4n) is 3.04. The number of esters is 1. The first kappa shape index (κ1) is 19.0. The monoisotopic (exact) mass is 394 g/mol. The van der Waals surface area contributed by atoms with Gasteiger partial charge < -0.3 is 10.1 Å². The molecule has 1 aromatic carbocycles. The van der Waals surface area contributed by atoms with Gasteiger partial charge in [-0.1, -0.05) is 12.1 Å². The lowest BCUT2D eigenvalue weighted by Gasteiger charge is -2.14. The Labute approximate surface area is 155 Å². The highest BCUT2D eigenvalue weighted by Crippen LogP contribution is 2.22. The number of benzene rings is 1. The Balaban J connectivity index is 1.42. The number of sulfone groups is 1. The van der Waals surface area contributed by atoms with Gasteiger partial charge in [0.2, 0.25) is 0 Å². The zero-order valence-electron chi connectivity index (χ0n) is 14.3. The molecule has 144 valence electrons. The van der Waals surface area contributed by atoms with E-state index in [1.807, 2.05) is 0 Å². The normalized spacial score (nSPS) is 20.4. The lowest BCUT2D eigenvalue weighted by Crippen LogP contribution is -2.38. The number of rotatable bonds is 6. The quantitative estimate of drug-likeness (QED) is 0.510. The summed E-state index contributed by atoms with van der Waals surface area (Å²) in [6, 6.07) is 5.91. The van der Waals surface area contributed by atoms with Gasteiger partial charge in [-0.15, -0.1) is 0 Å². The van der Waals surface area contributed by atoms with Crippen molar-refractivity contribution in [2.24, 2.45) is 0 Å². The summed E-state index contributed by atoms with van der Waals surface area (Å²) < 4.78 is 27.5. The van der Waals surface area contributed by atoms with Crippen LogP contribution in [0.15, 0.2) is 24.3 Å². The van der Waals surface area contributed by atoms with Crippen LogP contribution in [0.1, 0.15) is 33.6 Å². The van der Waals surface area contributed by atoms with Crippen molar-refractivity contribution in [2.75, 3.05) is 24.7 Å². The van der Waals surface area contributed by atoms with Crippen molar-refractivity contribution < 1.29 is 32.3 Å². The zero-order chi connectivity index (χ0) is 19.6. The summed E-state index contributed by atoms with van der Waals surface area (Å²) >= 11 is 0. The SMILES string of the molecule is O=C(COC(=O)CCN1C(=O)c2ccccc2C1=O)NC1CCS(=O)(=O)C1. The van der Waals surface area contributed by atoms with Crippen LogP contribution in [0.2, 0.25) is 0 Å². The topological polar surface area (TPSA) is 127 Å². The number of imide groups is 1. The molecule has 0 spiro atoms. The number of carbonyl (C=O) groups is 4. The van der Waals surface area contributed by atoms with Crippen molar-refractivity contribution in [2.45, 2.75) is 18.9 Å². The number of hydrogen-bond acceptors (Lipinski definition) is 7. The van der Waals surface area contributed by atoms with Gasteiger partial charge in [-0.05, 0) is 18.6 Å². The first-order chi connectivity index (χ1) is 12.8. The first-order valence-electron chi connectivity index (χ1n) is 8.37. The molecule has 10 heteroatoms. The molecular weight excluding hydrogens is 376 g/mol. The average molecular weight is 394 g/mol. The van der Waals surface area contributed by atoms with Crippen molar-refractivity contribution >= 4 is 33.5 Å². The molecule has 1 saturated heterocycles. The van der Waals surface area contributed by atoms with E-state index in [-0.39, 0.29) is 24.5 Å². The zero-order valence-corrected chi connectivity index (χ0v) is 15.2. The van der Waals surface area contributed by atoms with Crippen molar-refractivity contribution in [3.05, 3.63) is 35.4 Å². The molecule has 2 aliphatic rings. The third-order valence-corrected chi connectivity index (χ3v) is 6.15. The van der Waals surface area contributed by atoms with E-state index in [9.17, 15) is 27.6 Å². The van der Waals surface area contributed by atoms with Gasteiger partial charge in [-0.3, -0.25) is 24.1 Å². The van der Waals surface area contributed by atoms with Gasteiger partial charge in [-0.2, -0.15) is 0 Å². The van der Waals surface area contributed by atoms with E-state index in [4.69, 9.17) is 4.74 Å². The molecule has 3 rings (SSSR count). The van der Waals surface area contributed by atoms with Gasteiger partial charge >= 0.3 is 5.97 Å². The maximum absolute atomic E-state index is 12.2. The Morgan fingerprint density at radius 1 is 1.15 bits per heavy atom. The summed E-state index contributed by atoms with van der Waals surface area (Å²) in [6.07, 6.45) is 0.0956. The summed E-state index contributed by atoms with van der Waals surface area (Å²) in [5.41, 5.74) is 0.587. The van der Waals surface area contributed by atoms with Crippen molar-refractivity contribution in [3.8, 4) is 0 Å². The highest BCUT2D eigenvalue weighted by Gasteiger charge is 2.35. The van der Waals surface area contributed by atoms with E-state index in [1.54, 1.807) is 24.3 Å². The van der Waals surface area contributed by atoms with E-state index in [0.29, 0.717) is 17.5 Å². The second-order valence-electron chi connectivity index (χ2n) is 6.39. The number of hydrogen-bond donors (Lipinski definition) is 1. The van der Waals surface area contributed by atoms with Gasteiger partial charge in [0.05, 0.1) is 29.1 Å². The van der Waals surface area contributed by atoms with Crippen LogP contribution in [0, 0.1) is 0 Å². The third kappa shape index (κ3) is 4.33. The largest absolute Gasteiger partial charge is 0.456 e. The minimum atomic E-state index is -3.12. The van der Waals surface area contributed by atoms with Gasteiger partial charge in [0.15, 0.2) is 16.4 Å². The third-order valence-electron chi connectivity index (χ3n) is 4.38. The molecule has 2 heterocycles. The molecule has 1 fully saturated rings. The van der Waals surface area contributed by atoms with Crippen LogP contribution in [0.3, 0.4) is 0 Å². The average Bonchev–Trinajstić information content (AvgIpc) is 3.09. The molecule has 27 heavy (non-hydrogen) atoms. The van der Waals surface area contributed by atoms with Crippen molar-refractivity contribution in [3.63, 3.8) is 0 Å². The van der Waals surface area contributed by atoms with Crippen LogP contribution in [0.25, 0.3) is 0 Å². The van der Waals surface area contributed by atoms with Crippen LogP contribution >= 0.6 is 0 Å². The molecular formula is C17H18N2O7S. The summed E-state index contributed by atoms with van der Waals surface area (Å²) in [5.74, 6) is -2.36. The molecule has 0 aromatic heterocycles. The maximum Gasteiger partial charge on any atom is 0.308 e. The van der Waals surface area contributed by atoms with Gasteiger partial charge in [-0.25, -0.2) is 8.42 Å². The summed E-state index contributed by atoms with van der Waals surface area (Å²) in [6.45, 7) is -0.689. The number of ether oxygens (including phenoxy) is 1. The van der Waals surface area contributed by atoms with Crippen molar-refractivity contribution in [1.82, 2.24) is 10.2 Å². The standard InChI is InChI=1S/C17H18N2O7S/c20-14(18-11-6-8-27(24,25)10-11)9-26-15(21)5-7-19-16(22)12-3-1-2-4-13(12)17(19)23/h1-4,11H,5-10H2,(H,18,20). The Kier molecular flexibility index (Phi) is 5.26. The van der Waals surface area contributed by atoms with Crippen molar-refractivity contribution in [1.29, 1.82) is 0 Å². The summed E-state index contributed by atoms with van der Waals surface area (Å²) in [5, 5.41) is 2.50. The number of carbonyl (C=O) groups excluding carboxylic acids is 4. The number of nitrogens with one attached hydrogen (secondary N) is 1. The number of fused-ring (bicyclic) bond motifs is 1. The first-order valence-corrected chi connectivity index (χ1v) is 10.2. The second kappa shape index (κ2) is 7.47. The van der Waals surface area contributed by atoms with E-state index >= 15 is 0 Å². The van der Waals surface area contributed by atoms with Gasteiger partial charge in [0.1, 0.15) is 0 Å². The summed E-state index contributed by atoms with van der Waals surface area (Å²) in [7, 11) is -3.12. The molecule has 3 amide bonds. The van der Waals surface area contributed by atoms with Crippen LogP contribution in [-0.4, -0.2) is 67.7 Å². The highest BCUT2D eigenvalue weighted by atomic mass is 32.2. The van der Waals surface area contributed by atoms with Crippen LogP contribution in [0.4, 0.5) is 0 Å². The number of nitrogens with zero attached hydrogens (tertiary/aromatic N) is 1. The van der Waals surface area contributed by atoms with Crippen LogP contribution in [-0.2, 0) is 24.2 Å². The van der Waals surface area contributed by atoms with Gasteiger partial charge in [0, 0.05) is 12.6 Å². The van der Waals surface area contributed by atoms with Crippen LogP contribution in [0.5, 0.6) is 0 Å². The molecule has 0 radical (unpaired) electrons. The molecule has 2 aliphatic heterocycles. The molecule has 1 aromatic rings. The lowest BCUT2D eigenvalue weighted by molar-refractivity contribution is -0.148. The predicted molar refractivity (Wildman–Crippen MR) is 92.6 cm³/mol. The van der Waals surface area contributed by atoms with E-state index in [1.165, 1.54) is 0 Å².